The Balaban J connectivity index is 1.57. The van der Waals surface area contributed by atoms with Crippen LogP contribution in [0.15, 0.2) is 65.5 Å². The van der Waals surface area contributed by atoms with Gasteiger partial charge in [0.1, 0.15) is 11.5 Å². The molecule has 0 saturated heterocycles. The summed E-state index contributed by atoms with van der Waals surface area (Å²) in [6.45, 7) is 4.59. The Kier molecular flexibility index (Phi) is 7.43. The van der Waals surface area contributed by atoms with Crippen LogP contribution in [0.2, 0.25) is 0 Å². The van der Waals surface area contributed by atoms with Crippen LogP contribution in [-0.2, 0) is 11.3 Å². The first-order valence-electron chi connectivity index (χ1n) is 10.2. The third-order valence-electron chi connectivity index (χ3n) is 4.78. The van der Waals surface area contributed by atoms with Crippen LogP contribution in [0.5, 0.6) is 11.5 Å². The summed E-state index contributed by atoms with van der Waals surface area (Å²) >= 11 is 0. The van der Waals surface area contributed by atoms with Crippen molar-refractivity contribution < 1.29 is 14.3 Å². The minimum Gasteiger partial charge on any atom is -0.497 e. The van der Waals surface area contributed by atoms with Gasteiger partial charge in [-0.1, -0.05) is 44.2 Å². The fourth-order valence-electron chi connectivity index (χ4n) is 3.13. The monoisotopic (exact) mass is 421 g/mol. The summed E-state index contributed by atoms with van der Waals surface area (Å²) in [5.41, 5.74) is 2.32. The number of hydrogen-bond donors (Lipinski definition) is 1. The van der Waals surface area contributed by atoms with Crippen molar-refractivity contribution in [3.8, 4) is 22.8 Å². The highest BCUT2D eigenvalue weighted by atomic mass is 16.5. The molecular formula is C24H27N3O4. The summed E-state index contributed by atoms with van der Waals surface area (Å²) in [6.07, 6.45) is 0. The number of carbonyl (C=O) groups excluding carboxylic acids is 1. The van der Waals surface area contributed by atoms with E-state index in [0.29, 0.717) is 23.1 Å². The minimum atomic E-state index is -0.254. The Morgan fingerprint density at radius 2 is 1.90 bits per heavy atom. The standard InChI is InChI=1S/C24H27N3O4/c1-17(2)20-9-4-5-10-22(20)31-16-23(28)25-13-14-27-24(29)12-11-21(26-27)18-7-6-8-19(15-18)30-3/h4-12,15,17H,13-14,16H2,1-3H3,(H,25,28). The quantitative estimate of drug-likeness (QED) is 0.574. The van der Waals surface area contributed by atoms with E-state index in [9.17, 15) is 9.59 Å². The molecule has 0 spiro atoms. The zero-order valence-corrected chi connectivity index (χ0v) is 18.0. The van der Waals surface area contributed by atoms with Gasteiger partial charge in [0.15, 0.2) is 6.61 Å². The van der Waals surface area contributed by atoms with Gasteiger partial charge in [0.05, 0.1) is 19.3 Å². The Hall–Kier alpha value is -3.61. The van der Waals surface area contributed by atoms with Crippen molar-refractivity contribution in [3.63, 3.8) is 0 Å². The molecule has 0 aliphatic rings. The average Bonchev–Trinajstić information content (AvgIpc) is 2.79. The van der Waals surface area contributed by atoms with Gasteiger partial charge in [-0.2, -0.15) is 5.10 Å². The second-order valence-electron chi connectivity index (χ2n) is 7.34. The molecule has 7 heteroatoms. The van der Waals surface area contributed by atoms with E-state index in [-0.39, 0.29) is 31.2 Å². The van der Waals surface area contributed by atoms with E-state index in [0.717, 1.165) is 11.1 Å². The zero-order chi connectivity index (χ0) is 22.2. The molecule has 0 bridgehead atoms. The van der Waals surface area contributed by atoms with Crippen LogP contribution in [0, 0.1) is 0 Å². The van der Waals surface area contributed by atoms with Crippen molar-refractivity contribution in [3.05, 3.63) is 76.6 Å². The number of aromatic nitrogens is 2. The van der Waals surface area contributed by atoms with Gasteiger partial charge in [-0.25, -0.2) is 4.68 Å². The SMILES string of the molecule is COc1cccc(-c2ccc(=O)n(CCNC(=O)COc3ccccc3C(C)C)n2)c1. The number of para-hydroxylation sites is 1. The predicted octanol–water partition coefficient (Wildman–Crippen LogP) is 3.24. The molecule has 0 fully saturated rings. The lowest BCUT2D eigenvalue weighted by Gasteiger charge is -2.14. The maximum Gasteiger partial charge on any atom is 0.266 e. The fourth-order valence-corrected chi connectivity index (χ4v) is 3.13. The van der Waals surface area contributed by atoms with E-state index in [1.54, 1.807) is 13.2 Å². The maximum atomic E-state index is 12.2. The highest BCUT2D eigenvalue weighted by Crippen LogP contribution is 2.25. The first kappa shape index (κ1) is 22.1. The summed E-state index contributed by atoms with van der Waals surface area (Å²) in [7, 11) is 1.60. The molecule has 1 amide bonds. The molecule has 7 nitrogen and oxygen atoms in total. The van der Waals surface area contributed by atoms with Crippen LogP contribution >= 0.6 is 0 Å². The largest absolute Gasteiger partial charge is 0.497 e. The molecule has 0 saturated carbocycles. The predicted molar refractivity (Wildman–Crippen MR) is 120 cm³/mol. The Morgan fingerprint density at radius 3 is 2.68 bits per heavy atom. The molecule has 3 rings (SSSR count). The van der Waals surface area contributed by atoms with Crippen molar-refractivity contribution >= 4 is 5.91 Å². The van der Waals surface area contributed by atoms with Crippen molar-refractivity contribution in [2.75, 3.05) is 20.3 Å². The molecule has 1 aromatic heterocycles. The van der Waals surface area contributed by atoms with Crippen molar-refractivity contribution in [1.82, 2.24) is 15.1 Å². The van der Waals surface area contributed by atoms with Gasteiger partial charge in [-0.15, -0.1) is 0 Å². The first-order valence-corrected chi connectivity index (χ1v) is 10.2. The van der Waals surface area contributed by atoms with Gasteiger partial charge in [-0.3, -0.25) is 9.59 Å². The number of carbonyl (C=O) groups is 1. The number of methoxy groups -OCH3 is 1. The van der Waals surface area contributed by atoms with E-state index in [1.165, 1.54) is 10.7 Å². The molecule has 0 radical (unpaired) electrons. The lowest BCUT2D eigenvalue weighted by Crippen LogP contribution is -2.34. The van der Waals surface area contributed by atoms with Gasteiger partial charge < -0.3 is 14.8 Å². The molecule has 162 valence electrons. The topological polar surface area (TPSA) is 82.5 Å². The molecule has 0 aliphatic carbocycles. The molecule has 0 unspecified atom stereocenters. The molecule has 0 atom stereocenters. The third kappa shape index (κ3) is 5.94. The number of hydrogen-bond acceptors (Lipinski definition) is 5. The number of ether oxygens (including phenoxy) is 2. The summed E-state index contributed by atoms with van der Waals surface area (Å²) in [5, 5.41) is 7.18. The van der Waals surface area contributed by atoms with Crippen LogP contribution in [0.4, 0.5) is 0 Å². The lowest BCUT2D eigenvalue weighted by atomic mass is 10.0. The van der Waals surface area contributed by atoms with Crippen LogP contribution in [0.3, 0.4) is 0 Å². The summed E-state index contributed by atoms with van der Waals surface area (Å²) in [6, 6.07) is 18.3. The molecule has 3 aromatic rings. The minimum absolute atomic E-state index is 0.0874. The molecule has 1 N–H and O–H groups in total. The molecule has 31 heavy (non-hydrogen) atoms. The van der Waals surface area contributed by atoms with Crippen LogP contribution < -0.4 is 20.3 Å². The molecular weight excluding hydrogens is 394 g/mol. The molecule has 1 heterocycles. The lowest BCUT2D eigenvalue weighted by molar-refractivity contribution is -0.123. The van der Waals surface area contributed by atoms with E-state index in [4.69, 9.17) is 9.47 Å². The maximum absolute atomic E-state index is 12.2. The van der Waals surface area contributed by atoms with Gasteiger partial charge in [0.2, 0.25) is 0 Å². The van der Waals surface area contributed by atoms with Crippen LogP contribution in [0.1, 0.15) is 25.3 Å². The highest BCUT2D eigenvalue weighted by molar-refractivity contribution is 5.77. The van der Waals surface area contributed by atoms with Gasteiger partial charge in [-0.05, 0) is 35.7 Å². The van der Waals surface area contributed by atoms with E-state index in [2.05, 4.69) is 24.3 Å². The van der Waals surface area contributed by atoms with Crippen molar-refractivity contribution in [1.29, 1.82) is 0 Å². The number of amides is 1. The van der Waals surface area contributed by atoms with Gasteiger partial charge in [0.25, 0.3) is 11.5 Å². The third-order valence-corrected chi connectivity index (χ3v) is 4.78. The fraction of sp³-hybridized carbons (Fsp3) is 0.292. The Bertz CT molecular complexity index is 1090. The van der Waals surface area contributed by atoms with Crippen molar-refractivity contribution in [2.24, 2.45) is 0 Å². The average molecular weight is 421 g/mol. The van der Waals surface area contributed by atoms with E-state index < -0.39 is 0 Å². The summed E-state index contributed by atoms with van der Waals surface area (Å²) in [5.74, 6) is 1.46. The number of benzene rings is 2. The Labute approximate surface area is 181 Å². The zero-order valence-electron chi connectivity index (χ0n) is 18.0. The first-order chi connectivity index (χ1) is 15.0. The van der Waals surface area contributed by atoms with Gasteiger partial charge >= 0.3 is 0 Å². The van der Waals surface area contributed by atoms with Gasteiger partial charge in [0, 0.05) is 18.2 Å². The smallest absolute Gasteiger partial charge is 0.266 e. The van der Waals surface area contributed by atoms with Crippen LogP contribution in [-0.4, -0.2) is 35.9 Å². The highest BCUT2D eigenvalue weighted by Gasteiger charge is 2.10. The normalized spacial score (nSPS) is 10.7. The second-order valence-corrected chi connectivity index (χ2v) is 7.34. The summed E-state index contributed by atoms with van der Waals surface area (Å²) < 4.78 is 12.3. The number of nitrogens with one attached hydrogen (secondary N) is 1. The number of nitrogens with zero attached hydrogens (tertiary/aromatic N) is 2. The second kappa shape index (κ2) is 10.4. The summed E-state index contributed by atoms with van der Waals surface area (Å²) in [4.78, 5) is 24.3. The molecule has 2 aromatic carbocycles. The Morgan fingerprint density at radius 1 is 1.10 bits per heavy atom. The van der Waals surface area contributed by atoms with Crippen LogP contribution in [0.25, 0.3) is 11.3 Å². The number of rotatable bonds is 9. The molecule has 0 aliphatic heterocycles. The van der Waals surface area contributed by atoms with Crippen molar-refractivity contribution in [2.45, 2.75) is 26.3 Å². The van der Waals surface area contributed by atoms with E-state index >= 15 is 0 Å². The van der Waals surface area contributed by atoms with E-state index in [1.807, 2.05) is 48.5 Å².